The van der Waals surface area contributed by atoms with Crippen LogP contribution >= 0.6 is 0 Å². The van der Waals surface area contributed by atoms with Gasteiger partial charge in [0.25, 0.3) is 0 Å². The second-order valence-electron chi connectivity index (χ2n) is 12.8. The Balaban J connectivity index is 1.60. The van der Waals surface area contributed by atoms with Crippen molar-refractivity contribution >= 4 is 0 Å². The summed E-state index contributed by atoms with van der Waals surface area (Å²) in [5.41, 5.74) is -0.628. The van der Waals surface area contributed by atoms with E-state index < -0.39 is 24.4 Å². The molecule has 0 spiro atoms. The van der Waals surface area contributed by atoms with Crippen molar-refractivity contribution in [2.45, 2.75) is 110 Å². The number of hydrogen-bond acceptors (Lipinski definition) is 5. The highest BCUT2D eigenvalue weighted by molar-refractivity contribution is 5.16. The molecule has 4 saturated carbocycles. The quantitative estimate of drug-likeness (QED) is 0.425. The van der Waals surface area contributed by atoms with Gasteiger partial charge in [-0.2, -0.15) is 0 Å². The van der Waals surface area contributed by atoms with Gasteiger partial charge in [0.05, 0.1) is 24.4 Å². The number of aliphatic hydroxyl groups is 5. The fraction of sp³-hybridized carbons (Fsp3) is 1.00. The highest BCUT2D eigenvalue weighted by atomic mass is 16.3. The van der Waals surface area contributed by atoms with Crippen LogP contribution in [-0.4, -0.2) is 56.6 Å². The molecule has 0 aliphatic heterocycles. The van der Waals surface area contributed by atoms with Crippen molar-refractivity contribution in [2.75, 3.05) is 6.61 Å². The van der Waals surface area contributed by atoms with Crippen LogP contribution in [0.3, 0.4) is 0 Å². The molecule has 0 bridgehead atoms. The van der Waals surface area contributed by atoms with Gasteiger partial charge in [-0.1, -0.05) is 40.5 Å². The first-order chi connectivity index (χ1) is 15.1. The van der Waals surface area contributed by atoms with Crippen LogP contribution in [0.4, 0.5) is 0 Å². The first-order valence-electron chi connectivity index (χ1n) is 13.4. The van der Waals surface area contributed by atoms with Crippen molar-refractivity contribution in [3.8, 4) is 0 Å². The van der Waals surface area contributed by atoms with Gasteiger partial charge >= 0.3 is 0 Å². The van der Waals surface area contributed by atoms with Gasteiger partial charge in [-0.15, -0.1) is 0 Å². The lowest BCUT2D eigenvalue weighted by atomic mass is 9.42. The Bertz CT molecular complexity index is 654. The summed E-state index contributed by atoms with van der Waals surface area (Å²) in [6.07, 6.45) is 5.48. The summed E-state index contributed by atoms with van der Waals surface area (Å²) in [7, 11) is 0. The molecular formula is C27H48O5. The molecule has 186 valence electrons. The standard InChI is InChI=1S/C27H48O5/c1-15(2)6-5-7-16(14-28)18-10-11-19-17-8-9-20-23(30)21(29)12-13-26(20,3)22(17)24(31)25(32)27(18,19)4/h15-25,28-32H,5-14H2,1-4H3/t16-,17-,18+,19-,20+,21+,22+,23-,24+,25+,26-,27+/m0/s1. The minimum absolute atomic E-state index is 0.0165. The smallest absolute Gasteiger partial charge is 0.0861 e. The van der Waals surface area contributed by atoms with Gasteiger partial charge in [-0.05, 0) is 91.8 Å². The summed E-state index contributed by atoms with van der Waals surface area (Å²) < 4.78 is 0. The maximum absolute atomic E-state index is 11.7. The maximum atomic E-state index is 11.7. The van der Waals surface area contributed by atoms with Gasteiger partial charge in [0.2, 0.25) is 0 Å². The van der Waals surface area contributed by atoms with Crippen LogP contribution in [0, 0.1) is 52.3 Å². The molecule has 32 heavy (non-hydrogen) atoms. The van der Waals surface area contributed by atoms with Crippen molar-refractivity contribution in [3.05, 3.63) is 0 Å². The zero-order valence-corrected chi connectivity index (χ0v) is 20.7. The average molecular weight is 453 g/mol. The molecule has 5 heteroatoms. The highest BCUT2D eigenvalue weighted by Crippen LogP contribution is 2.68. The lowest BCUT2D eigenvalue weighted by molar-refractivity contribution is -0.246. The van der Waals surface area contributed by atoms with Crippen LogP contribution in [0.25, 0.3) is 0 Å². The molecule has 5 N–H and O–H groups in total. The largest absolute Gasteiger partial charge is 0.396 e. The molecule has 4 aliphatic rings. The van der Waals surface area contributed by atoms with Crippen LogP contribution in [0.1, 0.15) is 85.5 Å². The van der Waals surface area contributed by atoms with Crippen molar-refractivity contribution in [1.29, 1.82) is 0 Å². The Hall–Kier alpha value is -0.200. The number of aliphatic hydroxyl groups excluding tert-OH is 5. The van der Waals surface area contributed by atoms with Crippen molar-refractivity contribution in [3.63, 3.8) is 0 Å². The van der Waals surface area contributed by atoms with E-state index in [0.717, 1.165) is 51.4 Å². The van der Waals surface area contributed by atoms with E-state index in [1.807, 2.05) is 0 Å². The third-order valence-corrected chi connectivity index (χ3v) is 11.1. The minimum atomic E-state index is -0.813. The third kappa shape index (κ3) is 3.69. The topological polar surface area (TPSA) is 101 Å². The Morgan fingerprint density at radius 1 is 0.844 bits per heavy atom. The van der Waals surface area contributed by atoms with Crippen LogP contribution in [0.5, 0.6) is 0 Å². The van der Waals surface area contributed by atoms with Crippen LogP contribution < -0.4 is 0 Å². The van der Waals surface area contributed by atoms with Crippen molar-refractivity contribution in [1.82, 2.24) is 0 Å². The van der Waals surface area contributed by atoms with Gasteiger partial charge in [0, 0.05) is 12.0 Å². The number of fused-ring (bicyclic) bond motifs is 5. The number of hydrogen-bond donors (Lipinski definition) is 5. The predicted molar refractivity (Wildman–Crippen MR) is 125 cm³/mol. The zero-order valence-electron chi connectivity index (χ0n) is 20.7. The lowest BCUT2D eigenvalue weighted by Gasteiger charge is -2.64. The van der Waals surface area contributed by atoms with Crippen LogP contribution in [0.15, 0.2) is 0 Å². The van der Waals surface area contributed by atoms with E-state index in [4.69, 9.17) is 0 Å². The molecule has 0 radical (unpaired) electrons. The Labute approximate surface area is 194 Å². The Morgan fingerprint density at radius 2 is 1.53 bits per heavy atom. The molecule has 5 nitrogen and oxygen atoms in total. The second kappa shape index (κ2) is 9.11. The summed E-state index contributed by atoms with van der Waals surface area (Å²) in [4.78, 5) is 0. The van der Waals surface area contributed by atoms with Crippen LogP contribution in [0.2, 0.25) is 0 Å². The van der Waals surface area contributed by atoms with E-state index >= 15 is 0 Å². The van der Waals surface area contributed by atoms with E-state index in [1.165, 1.54) is 0 Å². The summed E-state index contributed by atoms with van der Waals surface area (Å²) in [6.45, 7) is 9.02. The highest BCUT2D eigenvalue weighted by Gasteiger charge is 2.68. The fourth-order valence-corrected chi connectivity index (χ4v) is 9.41. The fourth-order valence-electron chi connectivity index (χ4n) is 9.41. The molecule has 4 rings (SSSR count). The molecule has 0 saturated heterocycles. The molecule has 4 fully saturated rings. The van der Waals surface area contributed by atoms with Crippen molar-refractivity contribution in [2.24, 2.45) is 52.3 Å². The van der Waals surface area contributed by atoms with Gasteiger partial charge < -0.3 is 25.5 Å². The number of rotatable bonds is 6. The monoisotopic (exact) mass is 452 g/mol. The van der Waals surface area contributed by atoms with E-state index in [-0.39, 0.29) is 41.1 Å². The van der Waals surface area contributed by atoms with E-state index in [9.17, 15) is 25.5 Å². The SMILES string of the molecule is CC(C)CCC[C@@H](CO)[C@H]1CC[C@H]2[C@@H]3CC[C@@H]4[C@H](O)[C@H](O)CC[C@]4(C)[C@H]3[C@@H](O)[C@@H](O)[C@]12C. The Kier molecular flexibility index (Phi) is 7.09. The van der Waals surface area contributed by atoms with E-state index in [0.29, 0.717) is 24.2 Å². The molecule has 12 atom stereocenters. The maximum Gasteiger partial charge on any atom is 0.0861 e. The minimum Gasteiger partial charge on any atom is -0.396 e. The summed E-state index contributed by atoms with van der Waals surface area (Å²) in [5, 5.41) is 54.6. The van der Waals surface area contributed by atoms with Gasteiger partial charge in [-0.3, -0.25) is 0 Å². The zero-order chi connectivity index (χ0) is 23.4. The molecule has 0 aromatic heterocycles. The predicted octanol–water partition coefficient (Wildman–Crippen LogP) is 3.35. The molecule has 4 aliphatic carbocycles. The van der Waals surface area contributed by atoms with Crippen LogP contribution in [-0.2, 0) is 0 Å². The molecule has 0 aromatic carbocycles. The Morgan fingerprint density at radius 3 is 2.19 bits per heavy atom. The average Bonchev–Trinajstić information content (AvgIpc) is 3.10. The first-order valence-corrected chi connectivity index (χ1v) is 13.4. The van der Waals surface area contributed by atoms with E-state index in [2.05, 4.69) is 27.7 Å². The first kappa shape index (κ1) is 24.9. The van der Waals surface area contributed by atoms with Gasteiger partial charge in [-0.25, -0.2) is 0 Å². The van der Waals surface area contributed by atoms with Gasteiger partial charge in [0.15, 0.2) is 0 Å². The summed E-state index contributed by atoms with van der Waals surface area (Å²) >= 11 is 0. The molecule has 0 amide bonds. The lowest BCUT2D eigenvalue weighted by Crippen LogP contribution is -2.67. The molecular weight excluding hydrogens is 404 g/mol. The molecule has 0 aromatic rings. The summed E-state index contributed by atoms with van der Waals surface area (Å²) in [5.74, 6) is 1.70. The molecule has 0 unspecified atom stereocenters. The van der Waals surface area contributed by atoms with Crippen molar-refractivity contribution < 1.29 is 25.5 Å². The summed E-state index contributed by atoms with van der Waals surface area (Å²) in [6, 6.07) is 0. The van der Waals surface area contributed by atoms with Gasteiger partial charge in [0.1, 0.15) is 0 Å². The third-order valence-electron chi connectivity index (χ3n) is 11.1. The normalized spacial score (nSPS) is 51.8. The molecule has 0 heterocycles. The second-order valence-corrected chi connectivity index (χ2v) is 12.8. The van der Waals surface area contributed by atoms with E-state index in [1.54, 1.807) is 0 Å².